The minimum Gasteiger partial charge on any atom is -0.309 e. The van der Waals surface area contributed by atoms with Gasteiger partial charge in [-0.25, -0.2) is 0 Å². The summed E-state index contributed by atoms with van der Waals surface area (Å²) < 4.78 is 0. The van der Waals surface area contributed by atoms with Gasteiger partial charge in [-0.1, -0.05) is 37.0 Å². The third kappa shape index (κ3) is 4.46. The second kappa shape index (κ2) is 8.19. The first-order chi connectivity index (χ1) is 10.2. The molecule has 0 fully saturated rings. The van der Waals surface area contributed by atoms with Crippen molar-refractivity contribution >= 4 is 34.5 Å². The van der Waals surface area contributed by atoms with Gasteiger partial charge in [0.05, 0.1) is 0 Å². The Bertz CT molecular complexity index is 580. The molecule has 21 heavy (non-hydrogen) atoms. The molecule has 0 amide bonds. The van der Waals surface area contributed by atoms with Gasteiger partial charge in [0.15, 0.2) is 0 Å². The van der Waals surface area contributed by atoms with Gasteiger partial charge in [0.2, 0.25) is 0 Å². The molecule has 0 radical (unpaired) electrons. The lowest BCUT2D eigenvalue weighted by Crippen LogP contribution is -2.24. The van der Waals surface area contributed by atoms with Crippen molar-refractivity contribution in [3.63, 3.8) is 0 Å². The quantitative estimate of drug-likeness (QED) is 0.660. The summed E-state index contributed by atoms with van der Waals surface area (Å²) in [6.07, 6.45) is 3.05. The van der Waals surface area contributed by atoms with Crippen LogP contribution in [-0.4, -0.2) is 6.54 Å². The van der Waals surface area contributed by atoms with Gasteiger partial charge in [0.25, 0.3) is 0 Å². The predicted octanol–water partition coefficient (Wildman–Crippen LogP) is 5.90. The van der Waals surface area contributed by atoms with Crippen molar-refractivity contribution in [2.45, 2.75) is 39.2 Å². The molecule has 1 heterocycles. The van der Waals surface area contributed by atoms with E-state index in [1.54, 1.807) is 0 Å². The van der Waals surface area contributed by atoms with Crippen LogP contribution in [-0.2, 0) is 12.8 Å². The van der Waals surface area contributed by atoms with E-state index in [4.69, 9.17) is 23.2 Å². The third-order valence-electron chi connectivity index (χ3n) is 3.55. The lowest BCUT2D eigenvalue weighted by Gasteiger charge is -2.20. The van der Waals surface area contributed by atoms with Gasteiger partial charge in [0, 0.05) is 21.0 Å². The summed E-state index contributed by atoms with van der Waals surface area (Å²) in [5.74, 6) is 0. The molecule has 1 nitrogen and oxygen atoms in total. The van der Waals surface area contributed by atoms with Crippen LogP contribution in [0.15, 0.2) is 29.6 Å². The number of aryl methyl sites for hydroxylation is 1. The fraction of sp³-hybridized carbons (Fsp3) is 0.412. The van der Waals surface area contributed by atoms with Crippen LogP contribution in [0.5, 0.6) is 0 Å². The smallest absolute Gasteiger partial charge is 0.0459 e. The van der Waals surface area contributed by atoms with Crippen molar-refractivity contribution in [1.82, 2.24) is 5.32 Å². The Balaban J connectivity index is 2.26. The highest BCUT2D eigenvalue weighted by Gasteiger charge is 2.17. The molecule has 0 spiro atoms. The van der Waals surface area contributed by atoms with Crippen LogP contribution in [0.3, 0.4) is 0 Å². The second-order valence-electron chi connectivity index (χ2n) is 5.11. The van der Waals surface area contributed by atoms with Crippen molar-refractivity contribution in [3.05, 3.63) is 55.7 Å². The van der Waals surface area contributed by atoms with Crippen LogP contribution in [0, 0.1) is 0 Å². The van der Waals surface area contributed by atoms with Crippen molar-refractivity contribution in [2.24, 2.45) is 0 Å². The first kappa shape index (κ1) is 16.8. The molecule has 0 aliphatic rings. The minimum atomic E-state index is 0.302. The molecule has 0 saturated heterocycles. The van der Waals surface area contributed by atoms with Gasteiger partial charge in [0.1, 0.15) is 0 Å². The number of benzene rings is 1. The van der Waals surface area contributed by atoms with Gasteiger partial charge < -0.3 is 5.32 Å². The van der Waals surface area contributed by atoms with Gasteiger partial charge in [-0.05, 0) is 66.6 Å². The van der Waals surface area contributed by atoms with Crippen molar-refractivity contribution < 1.29 is 0 Å². The topological polar surface area (TPSA) is 12.0 Å². The second-order valence-corrected chi connectivity index (χ2v) is 6.90. The van der Waals surface area contributed by atoms with E-state index < -0.39 is 0 Å². The Hall–Kier alpha value is -0.540. The van der Waals surface area contributed by atoms with Crippen molar-refractivity contribution in [3.8, 4) is 0 Å². The molecule has 2 aromatic rings. The molecular weight excluding hydrogens is 321 g/mol. The average Bonchev–Trinajstić information content (AvgIpc) is 2.95. The van der Waals surface area contributed by atoms with E-state index >= 15 is 0 Å². The lowest BCUT2D eigenvalue weighted by molar-refractivity contribution is 0.534. The highest BCUT2D eigenvalue weighted by molar-refractivity contribution is 7.10. The maximum absolute atomic E-state index is 6.33. The summed E-state index contributed by atoms with van der Waals surface area (Å²) in [5.41, 5.74) is 2.53. The molecule has 2 rings (SSSR count). The minimum absolute atomic E-state index is 0.302. The highest BCUT2D eigenvalue weighted by Crippen LogP contribution is 2.31. The normalized spacial score (nSPS) is 12.6. The zero-order valence-corrected chi connectivity index (χ0v) is 14.8. The summed E-state index contributed by atoms with van der Waals surface area (Å²) in [5, 5.41) is 7.36. The number of rotatable bonds is 7. The maximum Gasteiger partial charge on any atom is 0.0459 e. The van der Waals surface area contributed by atoms with Gasteiger partial charge in [-0.2, -0.15) is 0 Å². The Morgan fingerprint density at radius 3 is 2.67 bits per heavy atom. The fourth-order valence-corrected chi connectivity index (χ4v) is 3.90. The van der Waals surface area contributed by atoms with E-state index in [1.165, 1.54) is 10.4 Å². The van der Waals surface area contributed by atoms with Crippen LogP contribution in [0.25, 0.3) is 0 Å². The molecule has 1 atom stereocenters. The predicted molar refractivity (Wildman–Crippen MR) is 94.9 cm³/mol. The molecular formula is C17H21Cl2NS. The highest BCUT2D eigenvalue weighted by atomic mass is 35.5. The molecule has 0 bridgehead atoms. The number of hydrogen-bond acceptors (Lipinski definition) is 2. The van der Waals surface area contributed by atoms with E-state index in [9.17, 15) is 0 Å². The maximum atomic E-state index is 6.33. The fourth-order valence-electron chi connectivity index (χ4n) is 2.44. The molecule has 1 unspecified atom stereocenters. The van der Waals surface area contributed by atoms with E-state index in [-0.39, 0.29) is 0 Å². The standard InChI is InChI=1S/C17H21Cl2NS/c1-3-8-20-16(17-12(4-2)7-9-21-17)11-13-10-14(18)5-6-15(13)19/h5-7,9-10,16,20H,3-4,8,11H2,1-2H3. The summed E-state index contributed by atoms with van der Waals surface area (Å²) in [7, 11) is 0. The Labute approximate surface area is 141 Å². The summed E-state index contributed by atoms with van der Waals surface area (Å²) in [6, 6.07) is 8.22. The molecule has 0 saturated carbocycles. The molecule has 4 heteroatoms. The molecule has 0 aliphatic heterocycles. The molecule has 1 aromatic carbocycles. The van der Waals surface area contributed by atoms with Crippen LogP contribution in [0.1, 0.15) is 42.3 Å². The summed E-state index contributed by atoms with van der Waals surface area (Å²) in [4.78, 5) is 1.42. The van der Waals surface area contributed by atoms with E-state index in [1.807, 2.05) is 29.5 Å². The van der Waals surface area contributed by atoms with Crippen molar-refractivity contribution in [2.75, 3.05) is 6.54 Å². The number of nitrogens with one attached hydrogen (secondary N) is 1. The van der Waals surface area contributed by atoms with Crippen LogP contribution in [0.4, 0.5) is 0 Å². The number of hydrogen-bond donors (Lipinski definition) is 1. The summed E-state index contributed by atoms with van der Waals surface area (Å²) >= 11 is 14.3. The van der Waals surface area contributed by atoms with E-state index in [2.05, 4.69) is 30.6 Å². The first-order valence-electron chi connectivity index (χ1n) is 7.39. The summed E-state index contributed by atoms with van der Waals surface area (Å²) in [6.45, 7) is 5.39. The Kier molecular flexibility index (Phi) is 6.56. The van der Waals surface area contributed by atoms with Crippen molar-refractivity contribution in [1.29, 1.82) is 0 Å². The van der Waals surface area contributed by atoms with Gasteiger partial charge >= 0.3 is 0 Å². The van der Waals surface area contributed by atoms with Crippen LogP contribution >= 0.6 is 34.5 Å². The SMILES string of the molecule is CCCNC(Cc1cc(Cl)ccc1Cl)c1sccc1CC. The third-order valence-corrected chi connectivity index (χ3v) is 5.23. The zero-order chi connectivity index (χ0) is 15.2. The van der Waals surface area contributed by atoms with Gasteiger partial charge in [-0.3, -0.25) is 0 Å². The average molecular weight is 342 g/mol. The van der Waals surface area contributed by atoms with E-state index in [0.29, 0.717) is 6.04 Å². The monoisotopic (exact) mass is 341 g/mol. The number of thiophene rings is 1. The molecule has 1 aromatic heterocycles. The van der Waals surface area contributed by atoms with Gasteiger partial charge in [-0.15, -0.1) is 11.3 Å². The van der Waals surface area contributed by atoms with E-state index in [0.717, 1.165) is 41.4 Å². The zero-order valence-electron chi connectivity index (χ0n) is 12.5. The first-order valence-corrected chi connectivity index (χ1v) is 9.02. The number of halogens is 2. The van der Waals surface area contributed by atoms with Crippen LogP contribution in [0.2, 0.25) is 10.0 Å². The Morgan fingerprint density at radius 1 is 1.14 bits per heavy atom. The molecule has 114 valence electrons. The van der Waals surface area contributed by atoms with Crippen LogP contribution < -0.4 is 5.32 Å². The molecule has 1 N–H and O–H groups in total. The largest absolute Gasteiger partial charge is 0.309 e. The Morgan fingerprint density at radius 2 is 1.95 bits per heavy atom. The molecule has 0 aliphatic carbocycles. The lowest BCUT2D eigenvalue weighted by atomic mass is 10.0.